The number of imidazole rings is 1. The van der Waals surface area contributed by atoms with Crippen LogP contribution in [0.2, 0.25) is 0 Å². The molecule has 4 heteroatoms. The van der Waals surface area contributed by atoms with Crippen molar-refractivity contribution in [3.63, 3.8) is 0 Å². The average Bonchev–Trinajstić information content (AvgIpc) is 2.65. The van der Waals surface area contributed by atoms with E-state index in [0.717, 1.165) is 11.1 Å². The highest BCUT2D eigenvalue weighted by molar-refractivity contribution is 5.17. The van der Waals surface area contributed by atoms with E-state index in [1.807, 2.05) is 30.1 Å². The molecule has 0 aliphatic carbocycles. The van der Waals surface area contributed by atoms with Gasteiger partial charge in [-0.3, -0.25) is 4.98 Å². The molecule has 4 nitrogen and oxygen atoms in total. The number of rotatable bonds is 3. The molecular formula is C11H13N3O. The van der Waals surface area contributed by atoms with Gasteiger partial charge >= 0.3 is 0 Å². The summed E-state index contributed by atoms with van der Waals surface area (Å²) in [7, 11) is 0. The van der Waals surface area contributed by atoms with Crippen LogP contribution in [-0.2, 0) is 13.2 Å². The fourth-order valence-corrected chi connectivity index (χ4v) is 1.54. The number of hydrogen-bond donors (Lipinski definition) is 1. The Labute approximate surface area is 88.2 Å². The number of hydrogen-bond acceptors (Lipinski definition) is 3. The Morgan fingerprint density at radius 2 is 2.27 bits per heavy atom. The number of aromatic nitrogens is 3. The van der Waals surface area contributed by atoms with Crippen molar-refractivity contribution in [2.75, 3.05) is 0 Å². The average molecular weight is 203 g/mol. The molecule has 15 heavy (non-hydrogen) atoms. The molecule has 2 aromatic heterocycles. The van der Waals surface area contributed by atoms with Gasteiger partial charge < -0.3 is 9.67 Å². The van der Waals surface area contributed by atoms with E-state index in [-0.39, 0.29) is 6.61 Å². The third-order valence-corrected chi connectivity index (χ3v) is 2.23. The van der Waals surface area contributed by atoms with Gasteiger partial charge in [0.15, 0.2) is 0 Å². The van der Waals surface area contributed by atoms with E-state index in [0.29, 0.717) is 12.4 Å². The third-order valence-electron chi connectivity index (χ3n) is 2.23. The maximum atomic E-state index is 9.04. The lowest BCUT2D eigenvalue weighted by Gasteiger charge is -2.06. The molecule has 0 aromatic carbocycles. The Morgan fingerprint density at radius 3 is 3.00 bits per heavy atom. The Morgan fingerprint density at radius 1 is 1.40 bits per heavy atom. The first-order valence-electron chi connectivity index (χ1n) is 4.81. The van der Waals surface area contributed by atoms with Gasteiger partial charge in [0.2, 0.25) is 0 Å². The normalized spacial score (nSPS) is 10.5. The molecule has 78 valence electrons. The maximum Gasteiger partial charge on any atom is 0.134 e. The highest BCUT2D eigenvalue weighted by Crippen LogP contribution is 2.06. The van der Waals surface area contributed by atoms with Gasteiger partial charge in [-0.2, -0.15) is 0 Å². The van der Waals surface area contributed by atoms with Crippen molar-refractivity contribution in [3.8, 4) is 0 Å². The number of aliphatic hydroxyl groups excluding tert-OH is 1. The van der Waals surface area contributed by atoms with Gasteiger partial charge in [-0.1, -0.05) is 6.07 Å². The molecule has 0 radical (unpaired) electrons. The van der Waals surface area contributed by atoms with Crippen LogP contribution < -0.4 is 0 Å². The van der Waals surface area contributed by atoms with Crippen molar-refractivity contribution in [2.45, 2.75) is 20.1 Å². The van der Waals surface area contributed by atoms with Crippen LogP contribution in [0.4, 0.5) is 0 Å². The first kappa shape index (κ1) is 9.86. The second kappa shape index (κ2) is 4.23. The lowest BCUT2D eigenvalue weighted by atomic mass is 10.2. The molecule has 0 saturated carbocycles. The summed E-state index contributed by atoms with van der Waals surface area (Å²) in [6, 6.07) is 2.08. The Kier molecular flexibility index (Phi) is 2.78. The molecule has 0 bridgehead atoms. The smallest absolute Gasteiger partial charge is 0.134 e. The molecule has 0 saturated heterocycles. The second-order valence-corrected chi connectivity index (χ2v) is 3.50. The third kappa shape index (κ3) is 2.22. The largest absolute Gasteiger partial charge is 0.388 e. The lowest BCUT2D eigenvalue weighted by molar-refractivity contribution is 0.266. The molecule has 0 fully saturated rings. The van der Waals surface area contributed by atoms with Gasteiger partial charge in [0.05, 0.1) is 6.54 Å². The van der Waals surface area contributed by atoms with Crippen molar-refractivity contribution in [3.05, 3.63) is 47.8 Å². The van der Waals surface area contributed by atoms with Crippen LogP contribution >= 0.6 is 0 Å². The minimum atomic E-state index is -0.0355. The summed E-state index contributed by atoms with van der Waals surface area (Å²) in [6.07, 6.45) is 7.20. The predicted molar refractivity (Wildman–Crippen MR) is 56.2 cm³/mol. The summed E-state index contributed by atoms with van der Waals surface area (Å²) in [5, 5.41) is 9.04. The van der Waals surface area contributed by atoms with Crippen molar-refractivity contribution < 1.29 is 5.11 Å². The molecule has 2 heterocycles. The molecule has 0 atom stereocenters. The first-order chi connectivity index (χ1) is 7.29. The highest BCUT2D eigenvalue weighted by Gasteiger charge is 2.02. The van der Waals surface area contributed by atoms with E-state index in [4.69, 9.17) is 5.11 Å². The van der Waals surface area contributed by atoms with E-state index in [2.05, 4.69) is 16.0 Å². The summed E-state index contributed by atoms with van der Waals surface area (Å²) >= 11 is 0. The summed E-state index contributed by atoms with van der Waals surface area (Å²) in [4.78, 5) is 8.17. The van der Waals surface area contributed by atoms with Crippen LogP contribution in [0.15, 0.2) is 30.9 Å². The molecule has 2 aromatic rings. The van der Waals surface area contributed by atoms with E-state index in [1.54, 1.807) is 6.20 Å². The van der Waals surface area contributed by atoms with Gasteiger partial charge in [0.25, 0.3) is 0 Å². The standard InChI is InChI=1S/C11H13N3O/c1-9-4-10(6-12-5-9)7-14-3-2-13-11(14)8-15/h2-6,15H,7-8H2,1H3. The number of aryl methyl sites for hydroxylation is 1. The first-order valence-corrected chi connectivity index (χ1v) is 4.81. The van der Waals surface area contributed by atoms with Gasteiger partial charge in [-0.25, -0.2) is 4.98 Å². The quantitative estimate of drug-likeness (QED) is 0.813. The predicted octanol–water partition coefficient (Wildman–Crippen LogP) is 1.13. The van der Waals surface area contributed by atoms with Crippen molar-refractivity contribution in [1.82, 2.24) is 14.5 Å². The summed E-state index contributed by atoms with van der Waals surface area (Å²) < 4.78 is 1.91. The maximum absolute atomic E-state index is 9.04. The van der Waals surface area contributed by atoms with Crippen LogP contribution in [-0.4, -0.2) is 19.6 Å². The van der Waals surface area contributed by atoms with E-state index in [9.17, 15) is 0 Å². The highest BCUT2D eigenvalue weighted by atomic mass is 16.3. The molecule has 2 rings (SSSR count). The zero-order valence-electron chi connectivity index (χ0n) is 8.59. The number of aliphatic hydroxyl groups is 1. The van der Waals surface area contributed by atoms with Crippen LogP contribution in [0.5, 0.6) is 0 Å². The molecule has 0 aliphatic heterocycles. The molecule has 0 unspecified atom stereocenters. The van der Waals surface area contributed by atoms with Gasteiger partial charge in [0.1, 0.15) is 12.4 Å². The minimum Gasteiger partial charge on any atom is -0.388 e. The Balaban J connectivity index is 2.22. The van der Waals surface area contributed by atoms with E-state index >= 15 is 0 Å². The van der Waals surface area contributed by atoms with Gasteiger partial charge in [-0.05, 0) is 18.1 Å². The van der Waals surface area contributed by atoms with Crippen LogP contribution in [0.25, 0.3) is 0 Å². The van der Waals surface area contributed by atoms with Gasteiger partial charge in [0, 0.05) is 24.8 Å². The monoisotopic (exact) mass is 203 g/mol. The zero-order chi connectivity index (χ0) is 10.7. The van der Waals surface area contributed by atoms with Crippen molar-refractivity contribution in [2.24, 2.45) is 0 Å². The lowest BCUT2D eigenvalue weighted by Crippen LogP contribution is -2.04. The van der Waals surface area contributed by atoms with Crippen LogP contribution in [0, 0.1) is 6.92 Å². The Hall–Kier alpha value is -1.68. The molecule has 0 amide bonds. The number of pyridine rings is 1. The summed E-state index contributed by atoms with van der Waals surface area (Å²) in [5.74, 6) is 0.677. The van der Waals surface area contributed by atoms with Crippen LogP contribution in [0.1, 0.15) is 17.0 Å². The summed E-state index contributed by atoms with van der Waals surface area (Å²) in [6.45, 7) is 2.67. The topological polar surface area (TPSA) is 50.9 Å². The van der Waals surface area contributed by atoms with Crippen molar-refractivity contribution >= 4 is 0 Å². The second-order valence-electron chi connectivity index (χ2n) is 3.50. The molecule has 0 spiro atoms. The molecule has 1 N–H and O–H groups in total. The number of nitrogens with zero attached hydrogens (tertiary/aromatic N) is 3. The van der Waals surface area contributed by atoms with Gasteiger partial charge in [-0.15, -0.1) is 0 Å². The summed E-state index contributed by atoms with van der Waals surface area (Å²) in [5.41, 5.74) is 2.25. The molecular weight excluding hydrogens is 190 g/mol. The minimum absolute atomic E-state index is 0.0355. The van der Waals surface area contributed by atoms with Crippen LogP contribution in [0.3, 0.4) is 0 Å². The van der Waals surface area contributed by atoms with Crippen molar-refractivity contribution in [1.29, 1.82) is 0 Å². The van der Waals surface area contributed by atoms with E-state index in [1.165, 1.54) is 0 Å². The van der Waals surface area contributed by atoms with E-state index < -0.39 is 0 Å². The SMILES string of the molecule is Cc1cncc(Cn2ccnc2CO)c1. The fourth-order valence-electron chi connectivity index (χ4n) is 1.54. The Bertz CT molecular complexity index is 451. The zero-order valence-corrected chi connectivity index (χ0v) is 8.59. The molecule has 0 aliphatic rings. The fraction of sp³-hybridized carbons (Fsp3) is 0.273.